The number of rotatable bonds is 7. The lowest BCUT2D eigenvalue weighted by Crippen LogP contribution is -2.38. The monoisotopic (exact) mass is 393 g/mol. The Hall–Kier alpha value is -2.73. The van der Waals surface area contributed by atoms with Crippen molar-refractivity contribution in [1.82, 2.24) is 20.1 Å². The van der Waals surface area contributed by atoms with Crippen molar-refractivity contribution in [3.8, 4) is 22.4 Å². The van der Waals surface area contributed by atoms with Gasteiger partial charge < -0.3 is 10.2 Å². The van der Waals surface area contributed by atoms with E-state index in [4.69, 9.17) is 0 Å². The zero-order valence-corrected chi connectivity index (χ0v) is 16.9. The van der Waals surface area contributed by atoms with Gasteiger partial charge in [0.1, 0.15) is 11.6 Å². The summed E-state index contributed by atoms with van der Waals surface area (Å²) >= 11 is 0. The molecule has 1 aromatic carbocycles. The minimum atomic E-state index is -0.250. The second kappa shape index (κ2) is 9.18. The third kappa shape index (κ3) is 4.82. The van der Waals surface area contributed by atoms with Crippen molar-refractivity contribution in [2.75, 3.05) is 25.0 Å². The van der Waals surface area contributed by atoms with E-state index in [1.807, 2.05) is 24.5 Å². The minimum absolute atomic E-state index is 0.250. The number of halogens is 1. The number of piperidine rings is 1. The van der Waals surface area contributed by atoms with Crippen LogP contribution in [0.2, 0.25) is 0 Å². The van der Waals surface area contributed by atoms with Crippen molar-refractivity contribution in [3.05, 3.63) is 54.6 Å². The van der Waals surface area contributed by atoms with Crippen LogP contribution in [0.15, 0.2) is 48.8 Å². The molecular weight excluding hydrogens is 365 g/mol. The van der Waals surface area contributed by atoms with E-state index in [0.29, 0.717) is 6.04 Å². The Balaban J connectivity index is 1.39. The molecule has 1 fully saturated rings. The van der Waals surface area contributed by atoms with Crippen molar-refractivity contribution >= 4 is 5.82 Å². The number of hydrogen-bond donors (Lipinski definition) is 2. The number of likely N-dealkylation sites (tertiary alicyclic amines) is 1. The maximum atomic E-state index is 13.2. The molecule has 0 aliphatic carbocycles. The van der Waals surface area contributed by atoms with Crippen LogP contribution in [0.25, 0.3) is 22.4 Å². The predicted octanol–water partition coefficient (Wildman–Crippen LogP) is 4.95. The van der Waals surface area contributed by atoms with Crippen LogP contribution in [0.1, 0.15) is 32.6 Å². The van der Waals surface area contributed by atoms with Crippen LogP contribution in [0.5, 0.6) is 0 Å². The van der Waals surface area contributed by atoms with Gasteiger partial charge in [-0.3, -0.25) is 5.10 Å². The molecule has 0 bridgehead atoms. The molecule has 2 N–H and O–H groups in total. The van der Waals surface area contributed by atoms with E-state index in [1.165, 1.54) is 37.9 Å². The highest BCUT2D eigenvalue weighted by Crippen LogP contribution is 2.31. The molecule has 1 aliphatic heterocycles. The molecule has 0 saturated carbocycles. The second-order valence-electron chi connectivity index (χ2n) is 7.75. The van der Waals surface area contributed by atoms with Gasteiger partial charge in [-0.15, -0.1) is 0 Å². The number of nitrogens with one attached hydrogen (secondary N) is 2. The van der Waals surface area contributed by atoms with Crippen LogP contribution in [0, 0.1) is 5.82 Å². The van der Waals surface area contributed by atoms with Gasteiger partial charge in [-0.05, 0) is 74.7 Å². The van der Waals surface area contributed by atoms with Gasteiger partial charge in [0.05, 0.1) is 5.69 Å². The second-order valence-corrected chi connectivity index (χ2v) is 7.75. The van der Waals surface area contributed by atoms with Crippen LogP contribution in [0.3, 0.4) is 0 Å². The summed E-state index contributed by atoms with van der Waals surface area (Å²) in [7, 11) is 0. The molecular formula is C23H28FN5. The molecule has 3 heterocycles. The zero-order chi connectivity index (χ0) is 20.1. The average Bonchev–Trinajstić information content (AvgIpc) is 3.23. The smallest absolute Gasteiger partial charge is 0.126 e. The quantitative estimate of drug-likeness (QED) is 0.558. The molecule has 6 heteroatoms. The zero-order valence-electron chi connectivity index (χ0n) is 16.9. The molecule has 1 saturated heterocycles. The molecule has 5 nitrogen and oxygen atoms in total. The molecule has 0 spiro atoms. The van der Waals surface area contributed by atoms with Crippen molar-refractivity contribution in [2.24, 2.45) is 0 Å². The number of pyridine rings is 1. The van der Waals surface area contributed by atoms with E-state index in [2.05, 4.69) is 32.3 Å². The van der Waals surface area contributed by atoms with Crippen molar-refractivity contribution in [3.63, 3.8) is 0 Å². The summed E-state index contributed by atoms with van der Waals surface area (Å²) in [5.41, 5.74) is 3.69. The van der Waals surface area contributed by atoms with Crippen molar-refractivity contribution in [1.29, 1.82) is 0 Å². The Morgan fingerprint density at radius 2 is 2.03 bits per heavy atom. The fraction of sp³-hybridized carbons (Fsp3) is 0.391. The Morgan fingerprint density at radius 1 is 1.17 bits per heavy atom. The Labute approximate surface area is 171 Å². The highest BCUT2D eigenvalue weighted by Gasteiger charge is 2.17. The first-order valence-corrected chi connectivity index (χ1v) is 10.4. The molecule has 152 valence electrons. The largest absolute Gasteiger partial charge is 0.370 e. The Morgan fingerprint density at radius 3 is 2.86 bits per heavy atom. The summed E-state index contributed by atoms with van der Waals surface area (Å²) < 4.78 is 13.2. The predicted molar refractivity (Wildman–Crippen MR) is 115 cm³/mol. The molecule has 3 aromatic rings. The summed E-state index contributed by atoms with van der Waals surface area (Å²) in [5.74, 6) is 0.612. The average molecular weight is 394 g/mol. The minimum Gasteiger partial charge on any atom is -0.370 e. The number of aromatic nitrogens is 3. The molecule has 2 aromatic heterocycles. The van der Waals surface area contributed by atoms with Gasteiger partial charge in [0, 0.05) is 42.7 Å². The number of benzene rings is 1. The van der Waals surface area contributed by atoms with Gasteiger partial charge >= 0.3 is 0 Å². The summed E-state index contributed by atoms with van der Waals surface area (Å²) in [6.07, 6.45) is 8.78. The van der Waals surface area contributed by atoms with Gasteiger partial charge in [0.2, 0.25) is 0 Å². The normalized spacial score (nSPS) is 17.4. The van der Waals surface area contributed by atoms with E-state index in [1.54, 1.807) is 12.1 Å². The lowest BCUT2D eigenvalue weighted by atomic mass is 10.0. The van der Waals surface area contributed by atoms with Crippen molar-refractivity contribution < 1.29 is 4.39 Å². The topological polar surface area (TPSA) is 56.8 Å². The lowest BCUT2D eigenvalue weighted by Gasteiger charge is -2.33. The van der Waals surface area contributed by atoms with Crippen LogP contribution in [0.4, 0.5) is 10.2 Å². The van der Waals surface area contributed by atoms with Crippen molar-refractivity contribution in [2.45, 2.75) is 38.6 Å². The van der Waals surface area contributed by atoms with E-state index in [0.717, 1.165) is 47.7 Å². The van der Waals surface area contributed by atoms with Gasteiger partial charge in [-0.2, -0.15) is 5.10 Å². The van der Waals surface area contributed by atoms with Crippen LogP contribution in [-0.2, 0) is 0 Å². The highest BCUT2D eigenvalue weighted by molar-refractivity contribution is 5.81. The number of hydrogen-bond acceptors (Lipinski definition) is 4. The third-order valence-electron chi connectivity index (χ3n) is 5.70. The van der Waals surface area contributed by atoms with Gasteiger partial charge in [-0.1, -0.05) is 6.42 Å². The standard InChI is InChI=1S/C23H28FN5/c1-17-5-2-3-13-29(17)14-4-11-25-22-15-19(10-12-26-22)21-16-27-28-23(21)18-6-8-20(24)9-7-18/h6-10,12,15-17H,2-5,11,13-14H2,1H3,(H,25,26)(H,27,28). The molecule has 0 amide bonds. The van der Waals surface area contributed by atoms with E-state index in [9.17, 15) is 4.39 Å². The Bertz CT molecular complexity index is 921. The van der Waals surface area contributed by atoms with E-state index in [-0.39, 0.29) is 5.82 Å². The van der Waals surface area contributed by atoms with Gasteiger partial charge in [-0.25, -0.2) is 9.37 Å². The van der Waals surface area contributed by atoms with E-state index >= 15 is 0 Å². The third-order valence-corrected chi connectivity index (χ3v) is 5.70. The number of nitrogens with zero attached hydrogens (tertiary/aromatic N) is 3. The lowest BCUT2D eigenvalue weighted by molar-refractivity contribution is 0.160. The molecule has 0 radical (unpaired) electrons. The summed E-state index contributed by atoms with van der Waals surface area (Å²) in [4.78, 5) is 7.05. The molecule has 1 atom stereocenters. The SMILES string of the molecule is CC1CCCCN1CCCNc1cc(-c2c[nH]nc2-c2ccc(F)cc2)ccn1. The number of H-pyrrole nitrogens is 1. The van der Waals surface area contributed by atoms with Gasteiger partial charge in [0.15, 0.2) is 0 Å². The molecule has 4 rings (SSSR count). The summed E-state index contributed by atoms with van der Waals surface area (Å²) in [5, 5.41) is 10.7. The van der Waals surface area contributed by atoms with Crippen LogP contribution in [-0.4, -0.2) is 45.8 Å². The fourth-order valence-corrected chi connectivity index (χ4v) is 4.02. The first-order chi connectivity index (χ1) is 14.2. The molecule has 1 aliphatic rings. The van der Waals surface area contributed by atoms with Gasteiger partial charge in [0.25, 0.3) is 0 Å². The highest BCUT2D eigenvalue weighted by atomic mass is 19.1. The van der Waals surface area contributed by atoms with Crippen LogP contribution >= 0.6 is 0 Å². The first kappa shape index (κ1) is 19.6. The maximum absolute atomic E-state index is 13.2. The maximum Gasteiger partial charge on any atom is 0.126 e. The summed E-state index contributed by atoms with van der Waals surface area (Å²) in [6.45, 7) is 5.59. The molecule has 1 unspecified atom stereocenters. The first-order valence-electron chi connectivity index (χ1n) is 10.4. The fourth-order valence-electron chi connectivity index (χ4n) is 4.02. The number of anilines is 1. The Kier molecular flexibility index (Phi) is 6.20. The summed E-state index contributed by atoms with van der Waals surface area (Å²) in [6, 6.07) is 11.1. The molecule has 29 heavy (non-hydrogen) atoms. The number of aromatic amines is 1. The van der Waals surface area contributed by atoms with Crippen LogP contribution < -0.4 is 5.32 Å². The van der Waals surface area contributed by atoms with E-state index < -0.39 is 0 Å².